The van der Waals surface area contributed by atoms with Crippen LogP contribution in [0.5, 0.6) is 5.75 Å². The molecule has 0 bridgehead atoms. The first-order valence-electron chi connectivity index (χ1n) is 10.8. The molecule has 0 saturated carbocycles. The van der Waals surface area contributed by atoms with E-state index in [1.54, 1.807) is 48.5 Å². The normalized spacial score (nSPS) is 14.7. The van der Waals surface area contributed by atoms with Gasteiger partial charge in [0, 0.05) is 11.1 Å². The van der Waals surface area contributed by atoms with Gasteiger partial charge in [-0.25, -0.2) is 9.18 Å². The minimum Gasteiger partial charge on any atom is -0.422 e. The fraction of sp³-hybridized carbons (Fsp3) is 0.0357. The quantitative estimate of drug-likeness (QED) is 0.186. The van der Waals surface area contributed by atoms with E-state index in [2.05, 4.69) is 0 Å². The van der Waals surface area contributed by atoms with E-state index in [9.17, 15) is 18.8 Å². The molecule has 172 valence electrons. The van der Waals surface area contributed by atoms with Crippen LogP contribution in [-0.4, -0.2) is 22.0 Å². The molecule has 1 heterocycles. The molecule has 5 nitrogen and oxygen atoms in total. The molecule has 5 rings (SSSR count). The van der Waals surface area contributed by atoms with E-state index in [0.29, 0.717) is 11.1 Å². The van der Waals surface area contributed by atoms with E-state index in [-0.39, 0.29) is 22.8 Å². The molecule has 0 aromatic heterocycles. The molecule has 1 saturated heterocycles. The Balaban J connectivity index is 1.41. The second-order valence-corrected chi connectivity index (χ2v) is 8.81. The minimum atomic E-state index is -0.532. The van der Waals surface area contributed by atoms with Crippen molar-refractivity contribution >= 4 is 45.7 Å². The summed E-state index contributed by atoms with van der Waals surface area (Å²) >= 11 is 0.763. The first-order valence-corrected chi connectivity index (χ1v) is 11.6. The van der Waals surface area contributed by atoms with Crippen LogP contribution in [0.25, 0.3) is 16.8 Å². The van der Waals surface area contributed by atoms with Gasteiger partial charge in [0.15, 0.2) is 0 Å². The summed E-state index contributed by atoms with van der Waals surface area (Å²) < 4.78 is 19.7. The molecular formula is C28H18FNO4S. The number of nitrogens with zero attached hydrogens (tertiary/aromatic N) is 1. The third-order valence-corrected chi connectivity index (χ3v) is 6.49. The molecule has 1 fully saturated rings. The first kappa shape index (κ1) is 22.6. The van der Waals surface area contributed by atoms with E-state index >= 15 is 0 Å². The van der Waals surface area contributed by atoms with Crippen molar-refractivity contribution in [2.24, 2.45) is 0 Å². The average molecular weight is 484 g/mol. The van der Waals surface area contributed by atoms with Gasteiger partial charge in [-0.1, -0.05) is 72.8 Å². The van der Waals surface area contributed by atoms with Crippen LogP contribution in [-0.2, 0) is 11.3 Å². The largest absolute Gasteiger partial charge is 0.422 e. The van der Waals surface area contributed by atoms with Gasteiger partial charge in [0.25, 0.3) is 11.1 Å². The van der Waals surface area contributed by atoms with Crippen LogP contribution in [0.15, 0.2) is 95.9 Å². The highest BCUT2D eigenvalue weighted by Gasteiger charge is 2.35. The second-order valence-electron chi connectivity index (χ2n) is 7.81. The molecule has 2 amide bonds. The highest BCUT2D eigenvalue weighted by atomic mass is 32.2. The van der Waals surface area contributed by atoms with Crippen LogP contribution < -0.4 is 4.74 Å². The standard InChI is InChI=1S/C28H18FNO4S/c29-23-14-5-2-10-20(23)17-30-26(31)25(35-28(30)33)16-19-9-3-6-15-24(19)34-27(32)22-13-7-11-18-8-1-4-12-21(18)22/h1-16H,17H2/b25-16-. The van der Waals surface area contributed by atoms with Crippen LogP contribution in [0.4, 0.5) is 9.18 Å². The lowest BCUT2D eigenvalue weighted by Gasteiger charge is -2.13. The minimum absolute atomic E-state index is 0.160. The van der Waals surface area contributed by atoms with Crippen LogP contribution in [0.3, 0.4) is 0 Å². The Morgan fingerprint density at radius 2 is 1.60 bits per heavy atom. The average Bonchev–Trinajstić information content (AvgIpc) is 3.13. The van der Waals surface area contributed by atoms with E-state index in [4.69, 9.17) is 4.74 Å². The summed E-state index contributed by atoms with van der Waals surface area (Å²) in [5.41, 5.74) is 1.14. The number of fused-ring (bicyclic) bond motifs is 1. The lowest BCUT2D eigenvalue weighted by atomic mass is 10.0. The maximum atomic E-state index is 14.0. The molecule has 0 unspecified atom stereocenters. The fourth-order valence-corrected chi connectivity index (χ4v) is 4.65. The number of hydrogen-bond acceptors (Lipinski definition) is 5. The van der Waals surface area contributed by atoms with Crippen LogP contribution in [0.1, 0.15) is 21.5 Å². The van der Waals surface area contributed by atoms with Crippen molar-refractivity contribution in [2.45, 2.75) is 6.54 Å². The van der Waals surface area contributed by atoms with Gasteiger partial charge in [-0.15, -0.1) is 0 Å². The maximum Gasteiger partial charge on any atom is 0.344 e. The van der Waals surface area contributed by atoms with Crippen molar-refractivity contribution in [3.05, 3.63) is 118 Å². The Morgan fingerprint density at radius 1 is 0.886 bits per heavy atom. The SMILES string of the molecule is O=C(Oc1ccccc1/C=C1\SC(=O)N(Cc2ccccc2F)C1=O)c1cccc2ccccc12. The van der Waals surface area contributed by atoms with Gasteiger partial charge < -0.3 is 4.74 Å². The van der Waals surface area contributed by atoms with Crippen molar-refractivity contribution in [3.63, 3.8) is 0 Å². The Kier molecular flexibility index (Phi) is 6.16. The third kappa shape index (κ3) is 4.58. The molecule has 4 aromatic rings. The van der Waals surface area contributed by atoms with Gasteiger partial charge in [0.05, 0.1) is 17.0 Å². The molecule has 0 aliphatic carbocycles. The monoisotopic (exact) mass is 483 g/mol. The molecule has 4 aromatic carbocycles. The van der Waals surface area contributed by atoms with Crippen LogP contribution in [0.2, 0.25) is 0 Å². The summed E-state index contributed by atoms with van der Waals surface area (Å²) in [6.45, 7) is -0.160. The number of amides is 2. The molecule has 0 radical (unpaired) electrons. The zero-order chi connectivity index (χ0) is 24.4. The molecule has 0 spiro atoms. The van der Waals surface area contributed by atoms with E-state index in [0.717, 1.165) is 27.4 Å². The summed E-state index contributed by atoms with van der Waals surface area (Å²) in [7, 11) is 0. The number of carbonyl (C=O) groups is 3. The lowest BCUT2D eigenvalue weighted by molar-refractivity contribution is -0.123. The third-order valence-electron chi connectivity index (χ3n) is 5.58. The predicted octanol–water partition coefficient (Wildman–Crippen LogP) is 6.43. The number of ether oxygens (including phenoxy) is 1. The molecule has 7 heteroatoms. The number of para-hydroxylation sites is 1. The molecular weight excluding hydrogens is 465 g/mol. The number of hydrogen-bond donors (Lipinski definition) is 0. The van der Waals surface area contributed by atoms with E-state index in [1.807, 2.05) is 30.3 Å². The van der Waals surface area contributed by atoms with Crippen molar-refractivity contribution in [1.82, 2.24) is 4.90 Å². The van der Waals surface area contributed by atoms with Gasteiger partial charge in [0.1, 0.15) is 11.6 Å². The van der Waals surface area contributed by atoms with Gasteiger partial charge in [-0.2, -0.15) is 0 Å². The number of thioether (sulfide) groups is 1. The zero-order valence-corrected chi connectivity index (χ0v) is 19.1. The highest BCUT2D eigenvalue weighted by Crippen LogP contribution is 2.35. The smallest absolute Gasteiger partial charge is 0.344 e. The fourth-order valence-electron chi connectivity index (χ4n) is 3.83. The predicted molar refractivity (Wildman–Crippen MR) is 133 cm³/mol. The second kappa shape index (κ2) is 9.56. The summed E-state index contributed by atoms with van der Waals surface area (Å²) in [5, 5.41) is 1.19. The molecule has 35 heavy (non-hydrogen) atoms. The van der Waals surface area contributed by atoms with Gasteiger partial charge in [-0.05, 0) is 46.8 Å². The molecule has 1 aliphatic rings. The number of halogens is 1. The molecule has 1 aliphatic heterocycles. The van der Waals surface area contributed by atoms with Gasteiger partial charge in [0.2, 0.25) is 0 Å². The van der Waals surface area contributed by atoms with Gasteiger partial charge >= 0.3 is 5.97 Å². The summed E-state index contributed by atoms with van der Waals surface area (Å²) in [5.74, 6) is -1.29. The number of benzene rings is 4. The Hall–Kier alpha value is -4.23. The first-order chi connectivity index (χ1) is 17.0. The number of carbonyl (C=O) groups excluding carboxylic acids is 3. The number of imide groups is 1. The van der Waals surface area contributed by atoms with Crippen molar-refractivity contribution in [3.8, 4) is 5.75 Å². The van der Waals surface area contributed by atoms with Crippen molar-refractivity contribution in [1.29, 1.82) is 0 Å². The van der Waals surface area contributed by atoms with Gasteiger partial charge in [-0.3, -0.25) is 14.5 Å². The highest BCUT2D eigenvalue weighted by molar-refractivity contribution is 8.18. The Labute approximate surface area is 204 Å². The molecule has 0 atom stereocenters. The van der Waals surface area contributed by atoms with Crippen molar-refractivity contribution < 1.29 is 23.5 Å². The van der Waals surface area contributed by atoms with Crippen molar-refractivity contribution in [2.75, 3.05) is 0 Å². The Morgan fingerprint density at radius 3 is 2.46 bits per heavy atom. The summed E-state index contributed by atoms with van der Waals surface area (Å²) in [4.78, 5) is 39.6. The molecule has 0 N–H and O–H groups in total. The number of rotatable bonds is 5. The van der Waals surface area contributed by atoms with Crippen LogP contribution >= 0.6 is 11.8 Å². The summed E-state index contributed by atoms with van der Waals surface area (Å²) in [6, 6.07) is 25.7. The maximum absolute atomic E-state index is 14.0. The topological polar surface area (TPSA) is 63.7 Å². The zero-order valence-electron chi connectivity index (χ0n) is 18.3. The number of esters is 1. The Bertz CT molecular complexity index is 1510. The van der Waals surface area contributed by atoms with E-state index in [1.165, 1.54) is 18.2 Å². The van der Waals surface area contributed by atoms with E-state index < -0.39 is 22.9 Å². The lowest BCUT2D eigenvalue weighted by Crippen LogP contribution is -2.27. The summed E-state index contributed by atoms with van der Waals surface area (Å²) in [6.07, 6.45) is 1.51. The van der Waals surface area contributed by atoms with Crippen LogP contribution in [0, 0.1) is 5.82 Å².